The molecule has 0 aromatic rings. The molecule has 3 atom stereocenters. The standard InChI is InChI=1S/C11H20O2/c1-5-7-8(3)11(13)9(4)10(12)6-2/h5,7-9,11,13H,6H2,1-4H3/b7-5+/t8-,9+,11-/m0/s1. The van der Waals surface area contributed by atoms with Gasteiger partial charge in [0.15, 0.2) is 0 Å². The van der Waals surface area contributed by atoms with Crippen molar-refractivity contribution in [3.8, 4) is 0 Å². The molecule has 0 saturated heterocycles. The predicted octanol–water partition coefficient (Wildman–Crippen LogP) is 2.17. The molecule has 0 heterocycles. The highest BCUT2D eigenvalue weighted by molar-refractivity contribution is 5.80. The number of hydrogen-bond donors (Lipinski definition) is 1. The van der Waals surface area contributed by atoms with Gasteiger partial charge in [0.05, 0.1) is 6.10 Å². The van der Waals surface area contributed by atoms with Crippen molar-refractivity contribution < 1.29 is 9.90 Å². The number of carbonyl (C=O) groups is 1. The van der Waals surface area contributed by atoms with Gasteiger partial charge in [0, 0.05) is 18.3 Å². The summed E-state index contributed by atoms with van der Waals surface area (Å²) >= 11 is 0. The molecular formula is C11H20O2. The van der Waals surface area contributed by atoms with Gasteiger partial charge in [0.2, 0.25) is 0 Å². The van der Waals surface area contributed by atoms with Crippen LogP contribution >= 0.6 is 0 Å². The molecule has 0 amide bonds. The average molecular weight is 184 g/mol. The van der Waals surface area contributed by atoms with Crippen molar-refractivity contribution in [1.29, 1.82) is 0 Å². The first kappa shape index (κ1) is 12.4. The molecule has 2 heteroatoms. The van der Waals surface area contributed by atoms with E-state index in [1.165, 1.54) is 0 Å². The van der Waals surface area contributed by atoms with Crippen LogP contribution < -0.4 is 0 Å². The first-order valence-corrected chi connectivity index (χ1v) is 4.88. The van der Waals surface area contributed by atoms with Crippen LogP contribution in [0, 0.1) is 11.8 Å². The smallest absolute Gasteiger partial charge is 0.138 e. The van der Waals surface area contributed by atoms with Crippen LogP contribution in [-0.4, -0.2) is 17.0 Å². The summed E-state index contributed by atoms with van der Waals surface area (Å²) < 4.78 is 0. The average Bonchev–Trinajstić information content (AvgIpc) is 2.14. The molecule has 0 bridgehead atoms. The highest BCUT2D eigenvalue weighted by Crippen LogP contribution is 2.16. The van der Waals surface area contributed by atoms with E-state index in [1.54, 1.807) is 6.92 Å². The van der Waals surface area contributed by atoms with Crippen LogP contribution in [0.25, 0.3) is 0 Å². The highest BCUT2D eigenvalue weighted by atomic mass is 16.3. The maximum absolute atomic E-state index is 11.3. The maximum Gasteiger partial charge on any atom is 0.138 e. The number of Topliss-reactive ketones (excluding diaryl/α,β-unsaturated/α-hetero) is 1. The van der Waals surface area contributed by atoms with Crippen LogP contribution in [-0.2, 0) is 4.79 Å². The SMILES string of the molecule is C/C=C/[C@H](C)[C@H](O)[C@H](C)C(=O)CC. The van der Waals surface area contributed by atoms with Gasteiger partial charge in [-0.3, -0.25) is 4.79 Å². The van der Waals surface area contributed by atoms with E-state index in [-0.39, 0.29) is 17.6 Å². The molecule has 0 aromatic carbocycles. The molecule has 2 nitrogen and oxygen atoms in total. The van der Waals surface area contributed by atoms with Gasteiger partial charge in [0.1, 0.15) is 5.78 Å². The summed E-state index contributed by atoms with van der Waals surface area (Å²) in [4.78, 5) is 11.3. The van der Waals surface area contributed by atoms with Crippen molar-refractivity contribution in [2.24, 2.45) is 11.8 Å². The van der Waals surface area contributed by atoms with Crippen molar-refractivity contribution in [2.75, 3.05) is 0 Å². The zero-order valence-corrected chi connectivity index (χ0v) is 8.95. The van der Waals surface area contributed by atoms with Crippen molar-refractivity contribution in [3.63, 3.8) is 0 Å². The second-order valence-electron chi connectivity index (χ2n) is 3.48. The zero-order valence-electron chi connectivity index (χ0n) is 8.95. The van der Waals surface area contributed by atoms with Crippen LogP contribution in [0.3, 0.4) is 0 Å². The lowest BCUT2D eigenvalue weighted by Crippen LogP contribution is -2.30. The summed E-state index contributed by atoms with van der Waals surface area (Å²) in [6.07, 6.45) is 3.77. The van der Waals surface area contributed by atoms with Crippen LogP contribution in [0.15, 0.2) is 12.2 Å². The van der Waals surface area contributed by atoms with Crippen molar-refractivity contribution in [3.05, 3.63) is 12.2 Å². The van der Waals surface area contributed by atoms with E-state index in [9.17, 15) is 9.90 Å². The molecule has 1 N–H and O–H groups in total. The molecule has 0 aliphatic carbocycles. The summed E-state index contributed by atoms with van der Waals surface area (Å²) in [7, 11) is 0. The minimum absolute atomic E-state index is 0.0514. The monoisotopic (exact) mass is 184 g/mol. The Kier molecular flexibility index (Phi) is 5.63. The molecule has 0 aliphatic heterocycles. The minimum atomic E-state index is -0.552. The third-order valence-electron chi connectivity index (χ3n) is 2.40. The Hall–Kier alpha value is -0.630. The second kappa shape index (κ2) is 5.92. The molecular weight excluding hydrogens is 164 g/mol. The third-order valence-corrected chi connectivity index (χ3v) is 2.40. The highest BCUT2D eigenvalue weighted by Gasteiger charge is 2.23. The summed E-state index contributed by atoms with van der Waals surface area (Å²) in [6.45, 7) is 7.45. The lowest BCUT2D eigenvalue weighted by atomic mass is 9.89. The van der Waals surface area contributed by atoms with Crippen LogP contribution in [0.1, 0.15) is 34.1 Å². The Morgan fingerprint density at radius 1 is 1.46 bits per heavy atom. The van der Waals surface area contributed by atoms with Crippen molar-refractivity contribution >= 4 is 5.78 Å². The van der Waals surface area contributed by atoms with Gasteiger partial charge in [-0.15, -0.1) is 0 Å². The Bertz CT molecular complexity index is 185. The number of ketones is 1. The number of aliphatic hydroxyl groups is 1. The fraction of sp³-hybridized carbons (Fsp3) is 0.727. The number of rotatable bonds is 5. The van der Waals surface area contributed by atoms with E-state index in [1.807, 2.05) is 32.9 Å². The number of aliphatic hydroxyl groups excluding tert-OH is 1. The zero-order chi connectivity index (χ0) is 10.4. The fourth-order valence-electron chi connectivity index (χ4n) is 1.39. The first-order valence-electron chi connectivity index (χ1n) is 4.88. The molecule has 0 unspecified atom stereocenters. The molecule has 0 fully saturated rings. The lowest BCUT2D eigenvalue weighted by Gasteiger charge is -2.21. The van der Waals surface area contributed by atoms with Crippen molar-refractivity contribution in [2.45, 2.75) is 40.2 Å². The second-order valence-corrected chi connectivity index (χ2v) is 3.48. The van der Waals surface area contributed by atoms with Gasteiger partial charge in [-0.1, -0.05) is 32.9 Å². The summed E-state index contributed by atoms with van der Waals surface area (Å²) in [6, 6.07) is 0. The van der Waals surface area contributed by atoms with Crippen LogP contribution in [0.4, 0.5) is 0 Å². The molecule has 0 rings (SSSR count). The van der Waals surface area contributed by atoms with Gasteiger partial charge >= 0.3 is 0 Å². The Balaban J connectivity index is 4.23. The van der Waals surface area contributed by atoms with Gasteiger partial charge < -0.3 is 5.11 Å². The van der Waals surface area contributed by atoms with E-state index in [0.29, 0.717) is 6.42 Å². The largest absolute Gasteiger partial charge is 0.392 e. The summed E-state index contributed by atoms with van der Waals surface area (Å²) in [5, 5.41) is 9.75. The molecule has 0 aliphatic rings. The van der Waals surface area contributed by atoms with Crippen LogP contribution in [0.5, 0.6) is 0 Å². The normalized spacial score (nSPS) is 18.5. The Labute approximate surface area is 80.7 Å². The van der Waals surface area contributed by atoms with Gasteiger partial charge in [-0.25, -0.2) is 0 Å². The quantitative estimate of drug-likeness (QED) is 0.665. The molecule has 0 aromatic heterocycles. The molecule has 13 heavy (non-hydrogen) atoms. The van der Waals surface area contributed by atoms with E-state index in [0.717, 1.165) is 0 Å². The van der Waals surface area contributed by atoms with Crippen LogP contribution in [0.2, 0.25) is 0 Å². The Morgan fingerprint density at radius 3 is 2.38 bits per heavy atom. The maximum atomic E-state index is 11.3. The van der Waals surface area contributed by atoms with E-state index in [2.05, 4.69) is 0 Å². The third kappa shape index (κ3) is 3.73. The van der Waals surface area contributed by atoms with Gasteiger partial charge in [-0.2, -0.15) is 0 Å². The molecule has 0 spiro atoms. The molecule has 76 valence electrons. The fourth-order valence-corrected chi connectivity index (χ4v) is 1.39. The topological polar surface area (TPSA) is 37.3 Å². The molecule has 0 saturated carbocycles. The van der Waals surface area contributed by atoms with Crippen molar-refractivity contribution in [1.82, 2.24) is 0 Å². The summed E-state index contributed by atoms with van der Waals surface area (Å²) in [5.41, 5.74) is 0. The van der Waals surface area contributed by atoms with Gasteiger partial charge in [-0.05, 0) is 6.92 Å². The summed E-state index contributed by atoms with van der Waals surface area (Å²) in [5.74, 6) is -0.0736. The number of hydrogen-bond acceptors (Lipinski definition) is 2. The molecule has 0 radical (unpaired) electrons. The Morgan fingerprint density at radius 2 is 2.00 bits per heavy atom. The predicted molar refractivity (Wildman–Crippen MR) is 54.4 cm³/mol. The van der Waals surface area contributed by atoms with E-state index in [4.69, 9.17) is 0 Å². The first-order chi connectivity index (χ1) is 6.04. The minimum Gasteiger partial charge on any atom is -0.392 e. The lowest BCUT2D eigenvalue weighted by molar-refractivity contribution is -0.126. The van der Waals surface area contributed by atoms with E-state index >= 15 is 0 Å². The van der Waals surface area contributed by atoms with E-state index < -0.39 is 6.10 Å². The number of carbonyl (C=O) groups excluding carboxylic acids is 1. The van der Waals surface area contributed by atoms with Gasteiger partial charge in [0.25, 0.3) is 0 Å². The number of allylic oxidation sites excluding steroid dienone is 1.